The summed E-state index contributed by atoms with van der Waals surface area (Å²) in [5, 5.41) is 3.84. The summed E-state index contributed by atoms with van der Waals surface area (Å²) in [7, 11) is -0.841. The first kappa shape index (κ1) is 18.4. The Morgan fingerprint density at radius 2 is 1.57 bits per heavy atom. The molecule has 0 aromatic heterocycles. The predicted molar refractivity (Wildman–Crippen MR) is 94.1 cm³/mol. The van der Waals surface area contributed by atoms with Gasteiger partial charge < -0.3 is 5.32 Å². The van der Waals surface area contributed by atoms with Crippen LogP contribution in [0.4, 0.5) is 0 Å². The summed E-state index contributed by atoms with van der Waals surface area (Å²) < 4.78 is 12.8. The second kappa shape index (κ2) is 8.70. The van der Waals surface area contributed by atoms with Gasteiger partial charge >= 0.3 is 0 Å². The SMILES string of the molecule is CCNC(c1ccc(CC)cc1)C(C)S(=O)C(C)C(C)C. The van der Waals surface area contributed by atoms with Crippen molar-refractivity contribution in [2.45, 2.75) is 64.5 Å². The molecule has 21 heavy (non-hydrogen) atoms. The normalized spacial score (nSPS) is 17.5. The third kappa shape index (κ3) is 4.93. The summed E-state index contributed by atoms with van der Waals surface area (Å²) >= 11 is 0. The number of aryl methyl sites for hydroxylation is 1. The Morgan fingerprint density at radius 3 is 2.00 bits per heavy atom. The molecule has 0 bridgehead atoms. The predicted octanol–water partition coefficient (Wildman–Crippen LogP) is 4.08. The molecule has 0 fully saturated rings. The van der Waals surface area contributed by atoms with E-state index in [2.05, 4.69) is 71.1 Å². The second-order valence-corrected chi connectivity index (χ2v) is 8.26. The highest BCUT2D eigenvalue weighted by Gasteiger charge is 2.28. The largest absolute Gasteiger partial charge is 0.309 e. The van der Waals surface area contributed by atoms with Crippen molar-refractivity contribution in [3.63, 3.8) is 0 Å². The van der Waals surface area contributed by atoms with Crippen molar-refractivity contribution in [1.82, 2.24) is 5.32 Å². The summed E-state index contributed by atoms with van der Waals surface area (Å²) in [6.45, 7) is 13.7. The summed E-state index contributed by atoms with van der Waals surface area (Å²) in [6, 6.07) is 8.88. The summed E-state index contributed by atoms with van der Waals surface area (Å²) in [6.07, 6.45) is 1.05. The molecular weight excluding hydrogens is 278 g/mol. The van der Waals surface area contributed by atoms with Crippen molar-refractivity contribution < 1.29 is 4.21 Å². The van der Waals surface area contributed by atoms with E-state index in [0.717, 1.165) is 13.0 Å². The number of nitrogens with one attached hydrogen (secondary N) is 1. The lowest BCUT2D eigenvalue weighted by Crippen LogP contribution is -2.37. The number of hydrogen-bond donors (Lipinski definition) is 1. The van der Waals surface area contributed by atoms with Crippen LogP contribution in [0.15, 0.2) is 24.3 Å². The standard InChI is InChI=1S/C18H31NOS/c1-7-16-9-11-17(12-10-16)18(19-8-2)15(6)21(20)14(5)13(3)4/h9-15,18-19H,7-8H2,1-6H3. The Hall–Kier alpha value is -0.670. The lowest BCUT2D eigenvalue weighted by atomic mass is 10.0. The fraction of sp³-hybridized carbons (Fsp3) is 0.667. The lowest BCUT2D eigenvalue weighted by molar-refractivity contribution is 0.524. The first-order chi connectivity index (χ1) is 9.92. The molecule has 120 valence electrons. The third-order valence-corrected chi connectivity index (χ3v) is 6.59. The molecule has 1 aromatic rings. The molecule has 2 nitrogen and oxygen atoms in total. The third-order valence-electron chi connectivity index (χ3n) is 4.31. The van der Waals surface area contributed by atoms with E-state index in [-0.39, 0.29) is 16.5 Å². The maximum atomic E-state index is 12.8. The molecule has 0 saturated carbocycles. The fourth-order valence-electron chi connectivity index (χ4n) is 2.48. The van der Waals surface area contributed by atoms with Crippen LogP contribution in [0.5, 0.6) is 0 Å². The highest BCUT2D eigenvalue weighted by Crippen LogP contribution is 2.25. The van der Waals surface area contributed by atoms with Gasteiger partial charge in [-0.25, -0.2) is 0 Å². The Bertz CT molecular complexity index is 441. The van der Waals surface area contributed by atoms with Crippen LogP contribution in [-0.4, -0.2) is 21.3 Å². The van der Waals surface area contributed by atoms with Crippen LogP contribution in [0.3, 0.4) is 0 Å². The Morgan fingerprint density at radius 1 is 1.00 bits per heavy atom. The van der Waals surface area contributed by atoms with Gasteiger partial charge in [0.15, 0.2) is 0 Å². The minimum atomic E-state index is -0.841. The highest BCUT2D eigenvalue weighted by atomic mass is 32.2. The molecular formula is C18H31NOS. The van der Waals surface area contributed by atoms with Gasteiger partial charge in [0.25, 0.3) is 0 Å². The van der Waals surface area contributed by atoms with Gasteiger partial charge in [0, 0.05) is 22.1 Å². The van der Waals surface area contributed by atoms with Gasteiger partial charge in [0.1, 0.15) is 0 Å². The molecule has 1 N–H and O–H groups in total. The van der Waals surface area contributed by atoms with Crippen LogP contribution in [0.2, 0.25) is 0 Å². The molecule has 4 atom stereocenters. The zero-order valence-corrected chi connectivity index (χ0v) is 15.2. The Labute approximate surface area is 133 Å². The van der Waals surface area contributed by atoms with E-state index >= 15 is 0 Å². The highest BCUT2D eigenvalue weighted by molar-refractivity contribution is 7.86. The average Bonchev–Trinajstić information content (AvgIpc) is 2.50. The smallest absolute Gasteiger partial charge is 0.0517 e. The second-order valence-electron chi connectivity index (χ2n) is 6.11. The Balaban J connectivity index is 2.96. The number of benzene rings is 1. The van der Waals surface area contributed by atoms with Gasteiger partial charge in [0.05, 0.1) is 5.25 Å². The molecule has 0 heterocycles. The molecule has 0 radical (unpaired) electrons. The van der Waals surface area contributed by atoms with Crippen molar-refractivity contribution in [2.75, 3.05) is 6.54 Å². The first-order valence-corrected chi connectivity index (χ1v) is 9.41. The van der Waals surface area contributed by atoms with Gasteiger partial charge in [-0.05, 0) is 36.9 Å². The summed E-state index contributed by atoms with van der Waals surface area (Å²) in [4.78, 5) is 0. The van der Waals surface area contributed by atoms with E-state index < -0.39 is 10.8 Å². The minimum absolute atomic E-state index is 0.106. The van der Waals surface area contributed by atoms with Crippen LogP contribution in [0, 0.1) is 5.92 Å². The van der Waals surface area contributed by atoms with E-state index in [0.29, 0.717) is 5.92 Å². The van der Waals surface area contributed by atoms with Crippen LogP contribution < -0.4 is 5.32 Å². The monoisotopic (exact) mass is 309 g/mol. The van der Waals surface area contributed by atoms with Gasteiger partial charge in [-0.2, -0.15) is 0 Å². The molecule has 0 aliphatic carbocycles. The zero-order chi connectivity index (χ0) is 16.0. The molecule has 0 aliphatic heterocycles. The zero-order valence-electron chi connectivity index (χ0n) is 14.3. The summed E-state index contributed by atoms with van der Waals surface area (Å²) in [5.41, 5.74) is 2.59. The van der Waals surface area contributed by atoms with Gasteiger partial charge in [-0.15, -0.1) is 0 Å². The lowest BCUT2D eigenvalue weighted by Gasteiger charge is -2.28. The van der Waals surface area contributed by atoms with E-state index in [1.54, 1.807) is 0 Å². The number of rotatable bonds is 8. The van der Waals surface area contributed by atoms with Crippen LogP contribution in [0.25, 0.3) is 0 Å². The van der Waals surface area contributed by atoms with Gasteiger partial charge in [-0.3, -0.25) is 4.21 Å². The van der Waals surface area contributed by atoms with Crippen molar-refractivity contribution in [3.8, 4) is 0 Å². The van der Waals surface area contributed by atoms with E-state index in [4.69, 9.17) is 0 Å². The van der Waals surface area contributed by atoms with Crippen molar-refractivity contribution in [2.24, 2.45) is 5.92 Å². The van der Waals surface area contributed by atoms with Crippen LogP contribution in [-0.2, 0) is 17.2 Å². The average molecular weight is 310 g/mol. The van der Waals surface area contributed by atoms with Crippen molar-refractivity contribution >= 4 is 10.8 Å². The maximum Gasteiger partial charge on any atom is 0.0517 e. The Kier molecular flexibility index (Phi) is 7.61. The quantitative estimate of drug-likeness (QED) is 0.784. The van der Waals surface area contributed by atoms with Gasteiger partial charge in [-0.1, -0.05) is 58.9 Å². The van der Waals surface area contributed by atoms with Crippen LogP contribution >= 0.6 is 0 Å². The van der Waals surface area contributed by atoms with E-state index in [1.165, 1.54) is 11.1 Å². The topological polar surface area (TPSA) is 29.1 Å². The van der Waals surface area contributed by atoms with E-state index in [9.17, 15) is 4.21 Å². The maximum absolute atomic E-state index is 12.8. The van der Waals surface area contributed by atoms with Crippen LogP contribution in [0.1, 0.15) is 58.7 Å². The van der Waals surface area contributed by atoms with Crippen molar-refractivity contribution in [1.29, 1.82) is 0 Å². The van der Waals surface area contributed by atoms with Gasteiger partial charge in [0.2, 0.25) is 0 Å². The fourth-order valence-corrected chi connectivity index (χ4v) is 4.21. The molecule has 0 spiro atoms. The van der Waals surface area contributed by atoms with Crippen molar-refractivity contribution in [3.05, 3.63) is 35.4 Å². The molecule has 4 unspecified atom stereocenters. The molecule has 1 rings (SSSR count). The molecule has 0 amide bonds. The van der Waals surface area contributed by atoms with E-state index in [1.807, 2.05) is 0 Å². The summed E-state index contributed by atoms with van der Waals surface area (Å²) in [5.74, 6) is 0.443. The molecule has 0 aliphatic rings. The first-order valence-electron chi connectivity index (χ1n) is 8.13. The molecule has 3 heteroatoms. The molecule has 0 saturated heterocycles. The molecule has 1 aromatic carbocycles. The minimum Gasteiger partial charge on any atom is -0.309 e. The number of hydrogen-bond acceptors (Lipinski definition) is 2.